The Morgan fingerprint density at radius 3 is 2.68 bits per heavy atom. The number of rotatable bonds is 12. The van der Waals surface area contributed by atoms with Crippen LogP contribution < -0.4 is 4.90 Å². The number of anilines is 1. The number of aliphatic hydroxyl groups excluding tert-OH is 1. The summed E-state index contributed by atoms with van der Waals surface area (Å²) in [5.74, 6) is -1.85. The van der Waals surface area contributed by atoms with Crippen molar-refractivity contribution in [2.24, 2.45) is 11.8 Å². The number of aryl methyl sites for hydroxylation is 1. The topological polar surface area (TPSA) is 87.2 Å². The average molecular weight is 563 g/mol. The number of carbonyl (C=O) groups is 3. The molecule has 4 rings (SSSR count). The molecule has 208 valence electrons. The smallest absolute Gasteiger partial charge is 0.311 e. The van der Waals surface area contributed by atoms with Crippen LogP contribution in [-0.4, -0.2) is 69.6 Å². The molecule has 0 aliphatic carbocycles. The Morgan fingerprint density at radius 2 is 2.03 bits per heavy atom. The number of fused-ring (bicyclic) bond motifs is 1. The monoisotopic (exact) mass is 562 g/mol. The van der Waals surface area contributed by atoms with Crippen molar-refractivity contribution >= 4 is 46.8 Å². The molecule has 3 fully saturated rings. The number of unbranched alkanes of at least 4 members (excludes halogenated alkanes) is 3. The molecule has 3 aliphatic heterocycles. The van der Waals surface area contributed by atoms with E-state index < -0.39 is 27.4 Å². The average Bonchev–Trinajstić information content (AvgIpc) is 3.44. The SMILES string of the molecule is C=CCN(C(=O)C1N(CCCCCCO)C(=O)[C@@H]2[C@@H](C(=O)OCC)[C@@]3(C)CCC12S3)c1c(C)cccc1Cl. The van der Waals surface area contributed by atoms with Crippen LogP contribution in [0.15, 0.2) is 30.9 Å². The lowest BCUT2D eigenvalue weighted by Crippen LogP contribution is -2.55. The van der Waals surface area contributed by atoms with E-state index in [0.717, 1.165) is 31.2 Å². The first-order chi connectivity index (χ1) is 18.2. The second-order valence-corrected chi connectivity index (χ2v) is 13.1. The summed E-state index contributed by atoms with van der Waals surface area (Å²) in [5, 5.41) is 9.61. The number of likely N-dealkylation sites (tertiary alicyclic amines) is 1. The summed E-state index contributed by atoms with van der Waals surface area (Å²) in [5.41, 5.74) is 1.49. The zero-order chi connectivity index (χ0) is 27.7. The van der Waals surface area contributed by atoms with E-state index in [0.29, 0.717) is 30.1 Å². The highest BCUT2D eigenvalue weighted by molar-refractivity contribution is 8.02. The Bertz CT molecular complexity index is 1080. The number of hydrogen-bond acceptors (Lipinski definition) is 6. The fourth-order valence-corrected chi connectivity index (χ4v) is 9.48. The Hall–Kier alpha value is -2.03. The molecule has 0 saturated carbocycles. The molecule has 2 bridgehead atoms. The molecule has 9 heteroatoms. The Balaban J connectivity index is 1.77. The van der Waals surface area contributed by atoms with Gasteiger partial charge in [-0.1, -0.05) is 42.7 Å². The number of thioether (sulfide) groups is 1. The maximum absolute atomic E-state index is 14.6. The third-order valence-corrected chi connectivity index (χ3v) is 10.7. The first-order valence-corrected chi connectivity index (χ1v) is 14.8. The molecule has 38 heavy (non-hydrogen) atoms. The number of ether oxygens (including phenoxy) is 1. The van der Waals surface area contributed by atoms with Gasteiger partial charge in [-0.2, -0.15) is 0 Å². The number of amides is 2. The molecular weight excluding hydrogens is 524 g/mol. The van der Waals surface area contributed by atoms with E-state index in [2.05, 4.69) is 6.58 Å². The summed E-state index contributed by atoms with van der Waals surface area (Å²) in [4.78, 5) is 45.4. The molecule has 2 unspecified atom stereocenters. The maximum Gasteiger partial charge on any atom is 0.311 e. The maximum atomic E-state index is 14.6. The highest BCUT2D eigenvalue weighted by Crippen LogP contribution is 2.71. The van der Waals surface area contributed by atoms with Gasteiger partial charge >= 0.3 is 5.97 Å². The minimum atomic E-state index is -0.722. The van der Waals surface area contributed by atoms with Crippen LogP contribution in [0.4, 0.5) is 5.69 Å². The van der Waals surface area contributed by atoms with Gasteiger partial charge in [0, 0.05) is 24.4 Å². The molecule has 5 atom stereocenters. The lowest BCUT2D eigenvalue weighted by Gasteiger charge is -2.37. The summed E-state index contributed by atoms with van der Waals surface area (Å²) in [6, 6.07) is 4.81. The normalized spacial score (nSPS) is 29.4. The number of para-hydroxylation sites is 1. The Labute approximate surface area is 234 Å². The number of benzene rings is 1. The van der Waals surface area contributed by atoms with Gasteiger partial charge in [0.25, 0.3) is 5.91 Å². The van der Waals surface area contributed by atoms with Crippen LogP contribution >= 0.6 is 23.4 Å². The van der Waals surface area contributed by atoms with E-state index in [1.807, 2.05) is 26.0 Å². The quantitative estimate of drug-likeness (QED) is 0.224. The molecule has 3 aliphatic rings. The predicted molar refractivity (Wildman–Crippen MR) is 151 cm³/mol. The molecule has 1 N–H and O–H groups in total. The van der Waals surface area contributed by atoms with Crippen LogP contribution in [0.25, 0.3) is 0 Å². The Morgan fingerprint density at radius 1 is 1.29 bits per heavy atom. The first kappa shape index (κ1) is 29.0. The van der Waals surface area contributed by atoms with Gasteiger partial charge in [0.2, 0.25) is 5.91 Å². The van der Waals surface area contributed by atoms with Crippen LogP contribution in [-0.2, 0) is 19.1 Å². The van der Waals surface area contributed by atoms with E-state index in [4.69, 9.17) is 21.4 Å². The number of hydrogen-bond donors (Lipinski definition) is 1. The summed E-state index contributed by atoms with van der Waals surface area (Å²) in [6.45, 7) is 10.7. The molecule has 3 saturated heterocycles. The molecule has 1 aromatic carbocycles. The molecule has 7 nitrogen and oxygen atoms in total. The molecular formula is C29H39ClN2O5S. The number of aliphatic hydroxyl groups is 1. The van der Waals surface area contributed by atoms with Crippen LogP contribution in [0, 0.1) is 18.8 Å². The van der Waals surface area contributed by atoms with Crippen molar-refractivity contribution in [1.82, 2.24) is 4.90 Å². The van der Waals surface area contributed by atoms with Crippen LogP contribution in [0.2, 0.25) is 5.02 Å². The van der Waals surface area contributed by atoms with Crippen molar-refractivity contribution in [3.8, 4) is 0 Å². The molecule has 2 amide bonds. The lowest BCUT2D eigenvalue weighted by molar-refractivity contribution is -0.155. The van der Waals surface area contributed by atoms with Crippen molar-refractivity contribution in [3.05, 3.63) is 41.4 Å². The fraction of sp³-hybridized carbons (Fsp3) is 0.621. The number of nitrogens with zero attached hydrogens (tertiary/aromatic N) is 2. The molecule has 1 spiro atoms. The number of halogens is 1. The summed E-state index contributed by atoms with van der Waals surface area (Å²) < 4.78 is 4.30. The van der Waals surface area contributed by atoms with Crippen molar-refractivity contribution in [2.45, 2.75) is 74.8 Å². The van der Waals surface area contributed by atoms with Crippen LogP contribution in [0.3, 0.4) is 0 Å². The van der Waals surface area contributed by atoms with Gasteiger partial charge in [0.1, 0.15) is 6.04 Å². The zero-order valence-electron chi connectivity index (χ0n) is 22.6. The van der Waals surface area contributed by atoms with Gasteiger partial charge in [0.05, 0.1) is 33.9 Å². The molecule has 0 aromatic heterocycles. The van der Waals surface area contributed by atoms with E-state index in [1.54, 1.807) is 40.6 Å². The number of carbonyl (C=O) groups excluding carboxylic acids is 3. The van der Waals surface area contributed by atoms with Gasteiger partial charge in [-0.3, -0.25) is 14.4 Å². The summed E-state index contributed by atoms with van der Waals surface area (Å²) >= 11 is 8.26. The molecule has 0 radical (unpaired) electrons. The molecule has 3 heterocycles. The van der Waals surface area contributed by atoms with Gasteiger partial charge in [-0.05, 0) is 58.1 Å². The third kappa shape index (κ3) is 4.77. The van der Waals surface area contributed by atoms with Crippen molar-refractivity contribution in [1.29, 1.82) is 0 Å². The van der Waals surface area contributed by atoms with Gasteiger partial charge in [-0.25, -0.2) is 0 Å². The molecule has 1 aromatic rings. The summed E-state index contributed by atoms with van der Waals surface area (Å²) in [7, 11) is 0. The standard InChI is InChI=1S/C29H39ClN2O5S/c1-5-16-31(23-19(3)12-11-13-20(23)30)26(35)24-29-15-14-28(4,38-29)22(27(36)37-6-2)21(29)25(34)32(24)17-9-7-8-10-18-33/h5,11-13,21-22,24,33H,1,6-10,14-18H2,2-4H3/t21-,22-,24?,28+,29?/m0/s1. The van der Waals surface area contributed by atoms with Gasteiger partial charge < -0.3 is 19.6 Å². The summed E-state index contributed by atoms with van der Waals surface area (Å²) in [6.07, 6.45) is 6.22. The van der Waals surface area contributed by atoms with E-state index in [9.17, 15) is 14.4 Å². The fourth-order valence-electron chi connectivity index (χ4n) is 6.82. The van der Waals surface area contributed by atoms with Gasteiger partial charge in [0.15, 0.2) is 0 Å². The third-order valence-electron chi connectivity index (χ3n) is 8.39. The second kappa shape index (κ2) is 11.6. The van der Waals surface area contributed by atoms with E-state index in [-0.39, 0.29) is 37.5 Å². The van der Waals surface area contributed by atoms with Crippen molar-refractivity contribution < 1.29 is 24.2 Å². The highest BCUT2D eigenvalue weighted by Gasteiger charge is 2.77. The predicted octanol–water partition coefficient (Wildman–Crippen LogP) is 4.76. The number of esters is 1. The largest absolute Gasteiger partial charge is 0.466 e. The zero-order valence-corrected chi connectivity index (χ0v) is 24.2. The van der Waals surface area contributed by atoms with E-state index >= 15 is 0 Å². The van der Waals surface area contributed by atoms with Crippen LogP contribution in [0.5, 0.6) is 0 Å². The second-order valence-electron chi connectivity index (χ2n) is 10.8. The first-order valence-electron chi connectivity index (χ1n) is 13.6. The van der Waals surface area contributed by atoms with Gasteiger partial charge in [-0.15, -0.1) is 18.3 Å². The van der Waals surface area contributed by atoms with Crippen LogP contribution in [0.1, 0.15) is 57.9 Å². The minimum Gasteiger partial charge on any atom is -0.466 e. The highest BCUT2D eigenvalue weighted by atomic mass is 35.5. The van der Waals surface area contributed by atoms with E-state index in [1.165, 1.54) is 0 Å². The van der Waals surface area contributed by atoms with Crippen molar-refractivity contribution in [2.75, 3.05) is 31.2 Å². The minimum absolute atomic E-state index is 0.131. The van der Waals surface area contributed by atoms with Crippen molar-refractivity contribution in [3.63, 3.8) is 0 Å². The lowest BCUT2D eigenvalue weighted by atomic mass is 9.66. The Kier molecular flexibility index (Phi) is 8.85.